The molecule has 0 radical (unpaired) electrons. The van der Waals surface area contributed by atoms with Gasteiger partial charge in [0, 0.05) is 6.07 Å². The second kappa shape index (κ2) is 7.61. The molecule has 0 amide bonds. The molecule has 0 unspecified atom stereocenters. The van der Waals surface area contributed by atoms with E-state index < -0.39 is 10.0 Å². The minimum atomic E-state index is -3.71. The molecular formula is C19H20N2O4S. The Morgan fingerprint density at radius 2 is 1.65 bits per heavy atom. The van der Waals surface area contributed by atoms with Crippen molar-refractivity contribution in [2.75, 3.05) is 11.3 Å². The van der Waals surface area contributed by atoms with Crippen LogP contribution in [0.2, 0.25) is 0 Å². The molecule has 2 aromatic carbocycles. The highest BCUT2D eigenvalue weighted by molar-refractivity contribution is 7.92. The van der Waals surface area contributed by atoms with Crippen LogP contribution in [-0.2, 0) is 10.0 Å². The lowest BCUT2D eigenvalue weighted by molar-refractivity contribution is 0.317. The van der Waals surface area contributed by atoms with Gasteiger partial charge in [-0.25, -0.2) is 8.42 Å². The first kappa shape index (κ1) is 18.0. The lowest BCUT2D eigenvalue weighted by Gasteiger charge is -2.08. The van der Waals surface area contributed by atoms with Crippen molar-refractivity contribution >= 4 is 15.8 Å². The van der Waals surface area contributed by atoms with Gasteiger partial charge >= 0.3 is 0 Å². The topological polar surface area (TPSA) is 81.4 Å². The number of hydrogen-bond donors (Lipinski definition) is 1. The number of rotatable bonds is 7. The third-order valence-corrected chi connectivity index (χ3v) is 5.06. The molecule has 0 aliphatic rings. The average molecular weight is 372 g/mol. The number of sulfonamides is 1. The van der Waals surface area contributed by atoms with Gasteiger partial charge in [-0.15, -0.1) is 0 Å². The Kier molecular flexibility index (Phi) is 5.27. The van der Waals surface area contributed by atoms with E-state index >= 15 is 0 Å². The van der Waals surface area contributed by atoms with Crippen molar-refractivity contribution in [1.82, 2.24) is 5.16 Å². The van der Waals surface area contributed by atoms with Gasteiger partial charge in [0.15, 0.2) is 5.82 Å². The third-order valence-electron chi connectivity index (χ3n) is 3.69. The van der Waals surface area contributed by atoms with E-state index in [1.165, 1.54) is 6.07 Å². The van der Waals surface area contributed by atoms with Crippen molar-refractivity contribution in [2.45, 2.75) is 25.2 Å². The summed E-state index contributed by atoms with van der Waals surface area (Å²) in [6, 6.07) is 15.9. The first-order valence-corrected chi connectivity index (χ1v) is 9.76. The molecule has 3 aromatic rings. The van der Waals surface area contributed by atoms with E-state index in [1.54, 1.807) is 31.2 Å². The van der Waals surface area contributed by atoms with Crippen LogP contribution in [0, 0.1) is 6.92 Å². The third kappa shape index (κ3) is 4.23. The fraction of sp³-hybridized carbons (Fsp3) is 0.211. The van der Waals surface area contributed by atoms with Gasteiger partial charge in [0.1, 0.15) is 11.5 Å². The lowest BCUT2D eigenvalue weighted by Crippen LogP contribution is -2.13. The zero-order valence-electron chi connectivity index (χ0n) is 14.6. The van der Waals surface area contributed by atoms with Crippen molar-refractivity contribution < 1.29 is 17.7 Å². The van der Waals surface area contributed by atoms with E-state index in [1.807, 2.05) is 24.3 Å². The Morgan fingerprint density at radius 3 is 2.19 bits per heavy atom. The number of aryl methyl sites for hydroxylation is 1. The van der Waals surface area contributed by atoms with E-state index in [0.717, 1.165) is 23.3 Å². The van der Waals surface area contributed by atoms with Gasteiger partial charge in [-0.1, -0.05) is 36.3 Å². The summed E-state index contributed by atoms with van der Waals surface area (Å²) >= 11 is 0. The maximum absolute atomic E-state index is 12.4. The molecule has 0 aliphatic carbocycles. The van der Waals surface area contributed by atoms with Crippen molar-refractivity contribution in [3.05, 3.63) is 60.4 Å². The summed E-state index contributed by atoms with van der Waals surface area (Å²) in [5.74, 6) is 1.51. The van der Waals surface area contributed by atoms with Crippen molar-refractivity contribution in [1.29, 1.82) is 0 Å². The first-order valence-electron chi connectivity index (χ1n) is 8.27. The molecule has 0 saturated heterocycles. The Balaban J connectivity index is 1.75. The molecule has 6 nitrogen and oxygen atoms in total. The zero-order valence-corrected chi connectivity index (χ0v) is 15.4. The van der Waals surface area contributed by atoms with Crippen LogP contribution < -0.4 is 9.46 Å². The number of anilines is 1. The number of benzene rings is 2. The molecular weight excluding hydrogens is 352 g/mol. The normalized spacial score (nSPS) is 11.3. The Bertz CT molecular complexity index is 962. The molecule has 3 rings (SSSR count). The summed E-state index contributed by atoms with van der Waals surface area (Å²) in [4.78, 5) is 0.157. The Hall–Kier alpha value is -2.80. The largest absolute Gasteiger partial charge is 0.494 e. The second-order valence-electron chi connectivity index (χ2n) is 5.83. The van der Waals surface area contributed by atoms with Crippen LogP contribution in [0.25, 0.3) is 11.1 Å². The van der Waals surface area contributed by atoms with E-state index in [0.29, 0.717) is 12.4 Å². The molecule has 1 N–H and O–H groups in total. The summed E-state index contributed by atoms with van der Waals surface area (Å²) in [5, 5.41) is 3.64. The zero-order chi connectivity index (χ0) is 18.6. The molecule has 0 aliphatic heterocycles. The Labute approximate surface area is 152 Å². The maximum Gasteiger partial charge on any atom is 0.263 e. The van der Waals surface area contributed by atoms with Gasteiger partial charge < -0.3 is 9.26 Å². The van der Waals surface area contributed by atoms with Gasteiger partial charge in [0.2, 0.25) is 0 Å². The summed E-state index contributed by atoms with van der Waals surface area (Å²) in [6.07, 6.45) is 0.958. The molecule has 7 heteroatoms. The van der Waals surface area contributed by atoms with Crippen molar-refractivity contribution in [2.24, 2.45) is 0 Å². The summed E-state index contributed by atoms with van der Waals surface area (Å²) in [6.45, 7) is 4.44. The summed E-state index contributed by atoms with van der Waals surface area (Å²) < 4.78 is 37.6. The average Bonchev–Trinajstić information content (AvgIpc) is 3.04. The SMILES string of the molecule is CCCOc1ccc(-c2ccc(S(=O)(=O)Nc3cc(C)on3)cc2)cc1. The van der Waals surface area contributed by atoms with E-state index in [4.69, 9.17) is 9.26 Å². The van der Waals surface area contributed by atoms with Crippen LogP contribution in [0.1, 0.15) is 19.1 Å². The fourth-order valence-electron chi connectivity index (χ4n) is 2.40. The highest BCUT2D eigenvalue weighted by Gasteiger charge is 2.16. The summed E-state index contributed by atoms with van der Waals surface area (Å²) in [7, 11) is -3.71. The molecule has 26 heavy (non-hydrogen) atoms. The maximum atomic E-state index is 12.4. The van der Waals surface area contributed by atoms with Crippen LogP contribution >= 0.6 is 0 Å². The minimum absolute atomic E-state index is 0.157. The van der Waals surface area contributed by atoms with Gasteiger partial charge in [0.05, 0.1) is 11.5 Å². The molecule has 1 aromatic heterocycles. The van der Waals surface area contributed by atoms with Gasteiger partial charge in [-0.2, -0.15) is 0 Å². The van der Waals surface area contributed by atoms with Crippen molar-refractivity contribution in [3.8, 4) is 16.9 Å². The number of aromatic nitrogens is 1. The number of nitrogens with one attached hydrogen (secondary N) is 1. The smallest absolute Gasteiger partial charge is 0.263 e. The summed E-state index contributed by atoms with van der Waals surface area (Å²) in [5.41, 5.74) is 1.90. The van der Waals surface area contributed by atoms with Gasteiger partial charge in [-0.05, 0) is 48.7 Å². The van der Waals surface area contributed by atoms with Gasteiger partial charge in [0.25, 0.3) is 10.0 Å². The number of ether oxygens (including phenoxy) is 1. The standard InChI is InChI=1S/C19H20N2O4S/c1-3-12-24-17-8-4-15(5-9-17)16-6-10-18(11-7-16)26(22,23)21-19-13-14(2)25-20-19/h4-11,13H,3,12H2,1-2H3,(H,20,21). The van der Waals surface area contributed by atoms with E-state index in [9.17, 15) is 8.42 Å². The predicted octanol–water partition coefficient (Wildman–Crippen LogP) is 4.24. The molecule has 0 spiro atoms. The highest BCUT2D eigenvalue weighted by Crippen LogP contribution is 2.24. The van der Waals surface area contributed by atoms with Crippen LogP contribution in [0.3, 0.4) is 0 Å². The quantitative estimate of drug-likeness (QED) is 0.671. The predicted molar refractivity (Wildman–Crippen MR) is 99.7 cm³/mol. The lowest BCUT2D eigenvalue weighted by atomic mass is 10.1. The van der Waals surface area contributed by atoms with E-state index in [2.05, 4.69) is 16.8 Å². The van der Waals surface area contributed by atoms with Crippen LogP contribution in [0.15, 0.2) is 64.0 Å². The molecule has 0 atom stereocenters. The van der Waals surface area contributed by atoms with Gasteiger partial charge in [-0.3, -0.25) is 4.72 Å². The Morgan fingerprint density at radius 1 is 1.04 bits per heavy atom. The molecule has 1 heterocycles. The molecule has 0 saturated carbocycles. The fourth-order valence-corrected chi connectivity index (χ4v) is 3.38. The monoisotopic (exact) mass is 372 g/mol. The van der Waals surface area contributed by atoms with Crippen LogP contribution in [0.5, 0.6) is 5.75 Å². The molecule has 0 bridgehead atoms. The minimum Gasteiger partial charge on any atom is -0.494 e. The number of hydrogen-bond acceptors (Lipinski definition) is 5. The van der Waals surface area contributed by atoms with Crippen LogP contribution in [0.4, 0.5) is 5.82 Å². The second-order valence-corrected chi connectivity index (χ2v) is 7.51. The highest BCUT2D eigenvalue weighted by atomic mass is 32.2. The molecule has 136 valence electrons. The van der Waals surface area contributed by atoms with E-state index in [-0.39, 0.29) is 10.7 Å². The molecule has 0 fully saturated rings. The first-order chi connectivity index (χ1) is 12.5. The number of nitrogens with zero attached hydrogens (tertiary/aromatic N) is 1. The van der Waals surface area contributed by atoms with Crippen molar-refractivity contribution in [3.63, 3.8) is 0 Å². The van der Waals surface area contributed by atoms with Crippen LogP contribution in [-0.4, -0.2) is 20.2 Å².